The minimum absolute atomic E-state index is 0.260. The number of nitrogens with zero attached hydrogens (tertiary/aromatic N) is 1. The zero-order valence-electron chi connectivity index (χ0n) is 9.58. The lowest BCUT2D eigenvalue weighted by Crippen LogP contribution is -2.55. The molecule has 0 radical (unpaired) electrons. The Morgan fingerprint density at radius 3 is 2.59 bits per heavy atom. The molecule has 1 aromatic heterocycles. The molecule has 0 spiro atoms. The van der Waals surface area contributed by atoms with Crippen molar-refractivity contribution in [1.82, 2.24) is 4.57 Å². The van der Waals surface area contributed by atoms with E-state index in [1.807, 2.05) is 42.1 Å². The number of aromatic nitrogens is 1. The summed E-state index contributed by atoms with van der Waals surface area (Å²) in [6.45, 7) is 0. The summed E-state index contributed by atoms with van der Waals surface area (Å²) in [6.07, 6.45) is 1.41. The molecule has 2 aromatic rings. The van der Waals surface area contributed by atoms with Crippen molar-refractivity contribution in [1.29, 1.82) is 0 Å². The van der Waals surface area contributed by atoms with Crippen LogP contribution in [0.1, 0.15) is 18.4 Å². The van der Waals surface area contributed by atoms with Crippen LogP contribution in [0.15, 0.2) is 30.5 Å². The summed E-state index contributed by atoms with van der Waals surface area (Å²) >= 11 is 0. The average molecular weight is 236 g/mol. The molecule has 90 valence electrons. The van der Waals surface area contributed by atoms with E-state index in [0.717, 1.165) is 16.5 Å². The third-order valence-electron chi connectivity index (χ3n) is 3.58. The fourth-order valence-electron chi connectivity index (χ4n) is 2.82. The number of nitrogens with two attached hydrogens (primary N) is 1. The Kier molecular flexibility index (Phi) is 1.94. The van der Waals surface area contributed by atoms with Gasteiger partial charge in [-0.3, -0.25) is 0 Å². The summed E-state index contributed by atoms with van der Waals surface area (Å²) in [5, 5.41) is 1.05. The zero-order chi connectivity index (χ0) is 12.3. The predicted octanol–water partition coefficient (Wildman–Crippen LogP) is 2.76. The Balaban J connectivity index is 2.15. The van der Waals surface area contributed by atoms with Gasteiger partial charge >= 0.3 is 0 Å². The smallest absolute Gasteiger partial charge is 0.252 e. The van der Waals surface area contributed by atoms with Crippen LogP contribution in [0.2, 0.25) is 0 Å². The second-order valence-corrected chi connectivity index (χ2v) is 5.04. The number of benzene rings is 1. The highest BCUT2D eigenvalue weighted by Gasteiger charge is 2.55. The lowest BCUT2D eigenvalue weighted by molar-refractivity contribution is -0.124. The average Bonchev–Trinajstić information content (AvgIpc) is 2.57. The van der Waals surface area contributed by atoms with Gasteiger partial charge in [0.25, 0.3) is 5.92 Å². The number of halogens is 2. The second-order valence-electron chi connectivity index (χ2n) is 5.04. The third kappa shape index (κ3) is 1.47. The minimum Gasteiger partial charge on any atom is -0.350 e. The van der Waals surface area contributed by atoms with Crippen molar-refractivity contribution >= 4 is 10.9 Å². The van der Waals surface area contributed by atoms with Crippen LogP contribution in [0.4, 0.5) is 8.78 Å². The largest absolute Gasteiger partial charge is 0.350 e. The number of hydrogen-bond donors (Lipinski definition) is 1. The maximum Gasteiger partial charge on any atom is 0.252 e. The molecule has 1 fully saturated rings. The first kappa shape index (κ1) is 10.7. The molecule has 0 unspecified atom stereocenters. The van der Waals surface area contributed by atoms with E-state index in [1.165, 1.54) is 0 Å². The summed E-state index contributed by atoms with van der Waals surface area (Å²) < 4.78 is 28.1. The van der Waals surface area contributed by atoms with E-state index >= 15 is 0 Å². The molecule has 4 heteroatoms. The molecule has 0 amide bonds. The first-order valence-electron chi connectivity index (χ1n) is 5.63. The van der Waals surface area contributed by atoms with Gasteiger partial charge < -0.3 is 10.3 Å². The SMILES string of the molecule is Cn1ccc2cccc(C3(N)CC(F)(F)C3)c21. The molecule has 0 aliphatic heterocycles. The van der Waals surface area contributed by atoms with Crippen LogP contribution >= 0.6 is 0 Å². The molecule has 3 rings (SSSR count). The number of alkyl halides is 2. The van der Waals surface area contributed by atoms with E-state index in [9.17, 15) is 8.78 Å². The maximum atomic E-state index is 13.1. The Morgan fingerprint density at radius 1 is 1.24 bits per heavy atom. The molecule has 0 saturated heterocycles. The van der Waals surface area contributed by atoms with E-state index in [1.54, 1.807) is 0 Å². The number of fused-ring (bicyclic) bond motifs is 1. The van der Waals surface area contributed by atoms with Crippen molar-refractivity contribution in [2.24, 2.45) is 12.8 Å². The third-order valence-corrected chi connectivity index (χ3v) is 3.58. The quantitative estimate of drug-likeness (QED) is 0.811. The minimum atomic E-state index is -2.61. The Labute approximate surface area is 98.0 Å². The first-order valence-corrected chi connectivity index (χ1v) is 5.63. The van der Waals surface area contributed by atoms with E-state index in [-0.39, 0.29) is 12.8 Å². The van der Waals surface area contributed by atoms with Crippen LogP contribution in [-0.4, -0.2) is 10.5 Å². The van der Waals surface area contributed by atoms with E-state index < -0.39 is 11.5 Å². The van der Waals surface area contributed by atoms with Gasteiger partial charge in [-0.25, -0.2) is 8.78 Å². The molecular formula is C13H14F2N2. The van der Waals surface area contributed by atoms with Gasteiger partial charge in [0.1, 0.15) is 0 Å². The summed E-state index contributed by atoms with van der Waals surface area (Å²) in [4.78, 5) is 0. The molecule has 2 N–H and O–H groups in total. The monoisotopic (exact) mass is 236 g/mol. The van der Waals surface area contributed by atoms with Crippen molar-refractivity contribution in [3.63, 3.8) is 0 Å². The molecule has 1 aliphatic carbocycles. The van der Waals surface area contributed by atoms with Gasteiger partial charge in [0.2, 0.25) is 0 Å². The highest BCUT2D eigenvalue weighted by molar-refractivity contribution is 5.84. The molecule has 1 aliphatic rings. The number of aryl methyl sites for hydroxylation is 1. The van der Waals surface area contributed by atoms with Gasteiger partial charge in [-0.2, -0.15) is 0 Å². The molecule has 1 aromatic carbocycles. The number of para-hydroxylation sites is 1. The van der Waals surface area contributed by atoms with E-state index in [2.05, 4.69) is 0 Å². The van der Waals surface area contributed by atoms with Gasteiger partial charge in [-0.1, -0.05) is 18.2 Å². The highest BCUT2D eigenvalue weighted by Crippen LogP contribution is 2.51. The first-order chi connectivity index (χ1) is 7.91. The lowest BCUT2D eigenvalue weighted by Gasteiger charge is -2.45. The van der Waals surface area contributed by atoms with Gasteiger partial charge in [-0.15, -0.1) is 0 Å². The Morgan fingerprint density at radius 2 is 1.94 bits per heavy atom. The van der Waals surface area contributed by atoms with Crippen LogP contribution in [0.5, 0.6) is 0 Å². The fraction of sp³-hybridized carbons (Fsp3) is 0.385. The molecule has 1 heterocycles. The van der Waals surface area contributed by atoms with Crippen molar-refractivity contribution in [2.75, 3.05) is 0 Å². The van der Waals surface area contributed by atoms with Crippen LogP contribution in [0.25, 0.3) is 10.9 Å². The van der Waals surface area contributed by atoms with Crippen molar-refractivity contribution in [2.45, 2.75) is 24.3 Å². The molecular weight excluding hydrogens is 222 g/mol. The number of hydrogen-bond acceptors (Lipinski definition) is 1. The normalized spacial score (nSPS) is 21.4. The standard InChI is InChI=1S/C13H14F2N2/c1-17-6-5-9-3-2-4-10(11(9)17)12(16)7-13(14,15)8-12/h2-6H,7-8,16H2,1H3. The van der Waals surface area contributed by atoms with Crippen molar-refractivity contribution in [3.05, 3.63) is 36.0 Å². The van der Waals surface area contributed by atoms with Gasteiger partial charge in [0.05, 0.1) is 11.1 Å². The summed E-state index contributed by atoms with van der Waals surface area (Å²) in [5.41, 5.74) is 7.01. The van der Waals surface area contributed by atoms with Crippen LogP contribution in [0.3, 0.4) is 0 Å². The Bertz CT molecular complexity index is 578. The zero-order valence-corrected chi connectivity index (χ0v) is 9.58. The topological polar surface area (TPSA) is 30.9 Å². The van der Waals surface area contributed by atoms with Crippen molar-refractivity contribution in [3.8, 4) is 0 Å². The molecule has 2 nitrogen and oxygen atoms in total. The van der Waals surface area contributed by atoms with Crippen molar-refractivity contribution < 1.29 is 8.78 Å². The summed E-state index contributed by atoms with van der Waals surface area (Å²) in [5.74, 6) is -2.61. The molecule has 1 saturated carbocycles. The lowest BCUT2D eigenvalue weighted by atomic mass is 9.69. The Hall–Kier alpha value is -1.42. The predicted molar refractivity (Wildman–Crippen MR) is 63.0 cm³/mol. The van der Waals surface area contributed by atoms with E-state index in [4.69, 9.17) is 5.73 Å². The second kappa shape index (κ2) is 3.07. The van der Waals surface area contributed by atoms with Gasteiger partial charge in [0.15, 0.2) is 0 Å². The fourth-order valence-corrected chi connectivity index (χ4v) is 2.82. The molecule has 17 heavy (non-hydrogen) atoms. The van der Waals surface area contributed by atoms with Gasteiger partial charge in [0, 0.05) is 26.1 Å². The van der Waals surface area contributed by atoms with E-state index in [0.29, 0.717) is 0 Å². The molecule has 0 bridgehead atoms. The van der Waals surface area contributed by atoms with Gasteiger partial charge in [-0.05, 0) is 17.0 Å². The summed E-state index contributed by atoms with van der Waals surface area (Å²) in [7, 11) is 1.91. The highest BCUT2D eigenvalue weighted by atomic mass is 19.3. The maximum absolute atomic E-state index is 13.1. The van der Waals surface area contributed by atoms with Crippen LogP contribution in [-0.2, 0) is 12.6 Å². The number of rotatable bonds is 1. The molecule has 0 atom stereocenters. The summed E-state index contributed by atoms with van der Waals surface area (Å²) in [6, 6.07) is 7.68. The van der Waals surface area contributed by atoms with Crippen LogP contribution in [0, 0.1) is 0 Å². The van der Waals surface area contributed by atoms with Crippen LogP contribution < -0.4 is 5.73 Å².